The van der Waals surface area contributed by atoms with Crippen molar-refractivity contribution < 1.29 is 4.79 Å². The average molecular weight is 456 g/mol. The molecule has 4 rings (SSSR count). The van der Waals surface area contributed by atoms with Crippen molar-refractivity contribution in [3.8, 4) is 5.69 Å². The molecular weight excluding hydrogens is 430 g/mol. The summed E-state index contributed by atoms with van der Waals surface area (Å²) in [5.41, 5.74) is 3.90. The van der Waals surface area contributed by atoms with Crippen LogP contribution in [0.15, 0.2) is 53.9 Å². The number of hydrogen-bond acceptors (Lipinski definition) is 5. The highest BCUT2D eigenvalue weighted by Gasteiger charge is 2.13. The first kappa shape index (κ1) is 21.7. The van der Waals surface area contributed by atoms with E-state index in [0.717, 1.165) is 30.0 Å². The maximum atomic E-state index is 12.5. The van der Waals surface area contributed by atoms with E-state index in [9.17, 15) is 4.79 Å². The van der Waals surface area contributed by atoms with Gasteiger partial charge in [-0.1, -0.05) is 42.3 Å². The molecule has 1 aromatic heterocycles. The molecule has 0 bridgehead atoms. The van der Waals surface area contributed by atoms with Gasteiger partial charge in [-0.05, 0) is 61.7 Å². The van der Waals surface area contributed by atoms with E-state index in [1.54, 1.807) is 6.33 Å². The van der Waals surface area contributed by atoms with Gasteiger partial charge in [0.05, 0.1) is 11.4 Å². The van der Waals surface area contributed by atoms with Gasteiger partial charge in [-0.2, -0.15) is 0 Å². The van der Waals surface area contributed by atoms with E-state index >= 15 is 0 Å². The minimum atomic E-state index is -0.0796. The maximum absolute atomic E-state index is 12.5. The van der Waals surface area contributed by atoms with Gasteiger partial charge in [0, 0.05) is 29.5 Å². The molecule has 1 saturated heterocycles. The number of carbonyl (C=O) groups excluding carboxylic acids is 1. The molecule has 0 radical (unpaired) electrons. The molecule has 8 heteroatoms. The van der Waals surface area contributed by atoms with E-state index in [1.165, 1.54) is 43.1 Å². The molecule has 0 atom stereocenters. The van der Waals surface area contributed by atoms with Gasteiger partial charge in [0.1, 0.15) is 6.33 Å². The van der Waals surface area contributed by atoms with Crippen molar-refractivity contribution >= 4 is 40.6 Å². The van der Waals surface area contributed by atoms with Crippen LogP contribution in [0, 0.1) is 6.92 Å². The molecular formula is C23H26ClN5OS. The lowest BCUT2D eigenvalue weighted by atomic mass is 10.2. The fraction of sp³-hybridized carbons (Fsp3) is 0.348. The summed E-state index contributed by atoms with van der Waals surface area (Å²) in [5, 5.41) is 12.4. The monoisotopic (exact) mass is 455 g/mol. The summed E-state index contributed by atoms with van der Waals surface area (Å²) in [5.74, 6) is 0.163. The number of halogens is 1. The Morgan fingerprint density at radius 2 is 1.77 bits per heavy atom. The number of carbonyl (C=O) groups is 1. The zero-order valence-electron chi connectivity index (χ0n) is 17.6. The van der Waals surface area contributed by atoms with Crippen molar-refractivity contribution in [3.63, 3.8) is 0 Å². The molecule has 1 aliphatic rings. The zero-order valence-corrected chi connectivity index (χ0v) is 19.1. The fourth-order valence-electron chi connectivity index (χ4n) is 3.64. The highest BCUT2D eigenvalue weighted by molar-refractivity contribution is 7.99. The maximum Gasteiger partial charge on any atom is 0.234 e. The first-order chi connectivity index (χ1) is 15.1. The topological polar surface area (TPSA) is 63.1 Å². The van der Waals surface area contributed by atoms with Crippen molar-refractivity contribution in [2.75, 3.05) is 29.1 Å². The van der Waals surface area contributed by atoms with E-state index in [-0.39, 0.29) is 11.7 Å². The van der Waals surface area contributed by atoms with Crippen LogP contribution in [0.2, 0.25) is 5.02 Å². The van der Waals surface area contributed by atoms with Crippen LogP contribution in [0.4, 0.5) is 11.4 Å². The Morgan fingerprint density at radius 1 is 1.06 bits per heavy atom. The van der Waals surface area contributed by atoms with E-state index < -0.39 is 0 Å². The van der Waals surface area contributed by atoms with Crippen molar-refractivity contribution in [1.82, 2.24) is 14.8 Å². The molecule has 1 fully saturated rings. The number of amides is 1. The molecule has 3 aromatic rings. The highest BCUT2D eigenvalue weighted by Crippen LogP contribution is 2.25. The Balaban J connectivity index is 1.34. The van der Waals surface area contributed by atoms with Gasteiger partial charge >= 0.3 is 0 Å². The summed E-state index contributed by atoms with van der Waals surface area (Å²) in [6.07, 6.45) is 6.74. The summed E-state index contributed by atoms with van der Waals surface area (Å²) < 4.78 is 1.83. The standard InChI is InChI=1S/C23H26ClN5OS/c1-17-6-9-20(14-21(17)24)29-16-25-27-23(29)31-15-22(30)26-18-7-10-19(11-8-18)28-12-4-2-3-5-13-28/h6-11,14,16H,2-5,12-13,15H2,1H3,(H,26,30). The molecule has 2 aromatic carbocycles. The van der Waals surface area contributed by atoms with Crippen molar-refractivity contribution in [2.24, 2.45) is 0 Å². The highest BCUT2D eigenvalue weighted by atomic mass is 35.5. The normalized spacial score (nSPS) is 14.3. The summed E-state index contributed by atoms with van der Waals surface area (Å²) in [6, 6.07) is 13.9. The number of benzene rings is 2. The molecule has 0 spiro atoms. The number of thioether (sulfide) groups is 1. The number of hydrogen-bond donors (Lipinski definition) is 1. The van der Waals surface area contributed by atoms with Crippen LogP contribution in [0.5, 0.6) is 0 Å². The second kappa shape index (κ2) is 10.2. The summed E-state index contributed by atoms with van der Waals surface area (Å²) in [6.45, 7) is 4.17. The molecule has 31 heavy (non-hydrogen) atoms. The predicted molar refractivity (Wildman–Crippen MR) is 128 cm³/mol. The second-order valence-electron chi connectivity index (χ2n) is 7.70. The van der Waals surface area contributed by atoms with Crippen LogP contribution >= 0.6 is 23.4 Å². The molecule has 162 valence electrons. The largest absolute Gasteiger partial charge is 0.372 e. The Morgan fingerprint density at radius 3 is 2.48 bits per heavy atom. The molecule has 6 nitrogen and oxygen atoms in total. The van der Waals surface area contributed by atoms with Gasteiger partial charge in [-0.3, -0.25) is 9.36 Å². The number of aryl methyl sites for hydroxylation is 1. The lowest BCUT2D eigenvalue weighted by molar-refractivity contribution is -0.113. The molecule has 1 aliphatic heterocycles. The Kier molecular flexibility index (Phi) is 7.14. The number of nitrogens with one attached hydrogen (secondary N) is 1. The predicted octanol–water partition coefficient (Wildman–Crippen LogP) is 5.34. The SMILES string of the molecule is Cc1ccc(-n2cnnc2SCC(=O)Nc2ccc(N3CCCCCC3)cc2)cc1Cl. The summed E-state index contributed by atoms with van der Waals surface area (Å²) >= 11 is 7.58. The number of anilines is 2. The fourth-order valence-corrected chi connectivity index (χ4v) is 4.55. The van der Waals surface area contributed by atoms with E-state index in [0.29, 0.717) is 10.2 Å². The second-order valence-corrected chi connectivity index (χ2v) is 9.05. The molecule has 0 saturated carbocycles. The Bertz CT molecular complexity index is 1030. The van der Waals surface area contributed by atoms with Gasteiger partial charge in [0.15, 0.2) is 5.16 Å². The quantitative estimate of drug-likeness (QED) is 0.508. The number of nitrogens with zero attached hydrogens (tertiary/aromatic N) is 4. The van der Waals surface area contributed by atoms with Crippen molar-refractivity contribution in [1.29, 1.82) is 0 Å². The van der Waals surface area contributed by atoms with E-state index in [2.05, 4.69) is 32.5 Å². The lowest BCUT2D eigenvalue weighted by Gasteiger charge is -2.22. The van der Waals surface area contributed by atoms with Crippen molar-refractivity contribution in [3.05, 3.63) is 59.4 Å². The molecule has 0 unspecified atom stereocenters. The summed E-state index contributed by atoms with van der Waals surface area (Å²) in [4.78, 5) is 14.9. The molecule has 1 N–H and O–H groups in total. The molecule has 1 amide bonds. The number of aromatic nitrogens is 3. The van der Waals surface area contributed by atoms with Crippen LogP contribution in [0.3, 0.4) is 0 Å². The average Bonchev–Trinajstić information content (AvgIpc) is 3.07. The Labute approximate surface area is 192 Å². The molecule has 2 heterocycles. The van der Waals surface area contributed by atoms with Gasteiger partial charge < -0.3 is 10.2 Å². The summed E-state index contributed by atoms with van der Waals surface area (Å²) in [7, 11) is 0. The van der Waals surface area contributed by atoms with Crippen LogP contribution in [0.25, 0.3) is 5.69 Å². The van der Waals surface area contributed by atoms with Gasteiger partial charge in [0.25, 0.3) is 0 Å². The van der Waals surface area contributed by atoms with E-state index in [1.807, 2.05) is 41.8 Å². The third-order valence-electron chi connectivity index (χ3n) is 5.40. The first-order valence-electron chi connectivity index (χ1n) is 10.5. The van der Waals surface area contributed by atoms with Gasteiger partial charge in [-0.15, -0.1) is 10.2 Å². The van der Waals surface area contributed by atoms with Crippen LogP contribution in [-0.2, 0) is 4.79 Å². The molecule has 0 aliphatic carbocycles. The van der Waals surface area contributed by atoms with Gasteiger partial charge in [0.2, 0.25) is 5.91 Å². The smallest absolute Gasteiger partial charge is 0.234 e. The first-order valence-corrected chi connectivity index (χ1v) is 11.9. The third kappa shape index (κ3) is 5.60. The van der Waals surface area contributed by atoms with E-state index in [4.69, 9.17) is 11.6 Å². The van der Waals surface area contributed by atoms with Gasteiger partial charge in [-0.25, -0.2) is 0 Å². The Hall–Kier alpha value is -2.51. The van der Waals surface area contributed by atoms with Crippen LogP contribution in [0.1, 0.15) is 31.2 Å². The minimum absolute atomic E-state index is 0.0796. The lowest BCUT2D eigenvalue weighted by Crippen LogP contribution is -2.23. The minimum Gasteiger partial charge on any atom is -0.372 e. The van der Waals surface area contributed by atoms with Crippen LogP contribution < -0.4 is 10.2 Å². The zero-order chi connectivity index (χ0) is 21.6. The third-order valence-corrected chi connectivity index (χ3v) is 6.75. The van der Waals surface area contributed by atoms with Crippen molar-refractivity contribution in [2.45, 2.75) is 37.8 Å². The number of rotatable bonds is 6. The van der Waals surface area contributed by atoms with Crippen LogP contribution in [-0.4, -0.2) is 39.5 Å².